The molecule has 1 amide bonds. The highest BCUT2D eigenvalue weighted by molar-refractivity contribution is 5.95. The van der Waals surface area contributed by atoms with Crippen molar-refractivity contribution in [2.45, 2.75) is 39.3 Å². The van der Waals surface area contributed by atoms with Gasteiger partial charge in [-0.1, -0.05) is 0 Å². The van der Waals surface area contributed by atoms with E-state index in [-0.39, 0.29) is 36.1 Å². The van der Waals surface area contributed by atoms with Gasteiger partial charge < -0.3 is 14.4 Å². The molecule has 0 radical (unpaired) electrons. The van der Waals surface area contributed by atoms with E-state index in [0.29, 0.717) is 18.9 Å². The van der Waals surface area contributed by atoms with Crippen LogP contribution in [0.5, 0.6) is 5.75 Å². The first-order valence-corrected chi connectivity index (χ1v) is 9.90. The molecule has 0 saturated heterocycles. The van der Waals surface area contributed by atoms with Crippen LogP contribution in [0.15, 0.2) is 18.2 Å². The van der Waals surface area contributed by atoms with Crippen molar-refractivity contribution in [3.63, 3.8) is 0 Å². The van der Waals surface area contributed by atoms with E-state index in [1.165, 1.54) is 32.1 Å². The molecule has 0 bridgehead atoms. The lowest BCUT2D eigenvalue weighted by Gasteiger charge is -2.28. The van der Waals surface area contributed by atoms with Gasteiger partial charge in [-0.05, 0) is 43.9 Å². The van der Waals surface area contributed by atoms with Gasteiger partial charge in [0.2, 0.25) is 0 Å². The molecule has 0 spiro atoms. The Labute approximate surface area is 168 Å². The molecular weight excluding hydrogens is 377 g/mol. The van der Waals surface area contributed by atoms with E-state index in [1.807, 2.05) is 4.68 Å². The summed E-state index contributed by atoms with van der Waals surface area (Å²) in [5, 5.41) is 4.52. The normalized spacial score (nSPS) is 15.8. The fraction of sp³-hybridized carbons (Fsp3) is 0.476. The Kier molecular flexibility index (Phi) is 5.25. The van der Waals surface area contributed by atoms with E-state index in [9.17, 15) is 14.0 Å². The first-order valence-electron chi connectivity index (χ1n) is 9.90. The van der Waals surface area contributed by atoms with Crippen LogP contribution < -0.4 is 4.74 Å². The zero-order valence-electron chi connectivity index (χ0n) is 16.6. The van der Waals surface area contributed by atoms with Gasteiger partial charge in [-0.15, -0.1) is 0 Å². The number of rotatable bonds is 6. The molecule has 7 nitrogen and oxygen atoms in total. The summed E-state index contributed by atoms with van der Waals surface area (Å²) in [6.45, 7) is 3.54. The third-order valence-electron chi connectivity index (χ3n) is 5.42. The maximum atomic E-state index is 14.0. The first-order chi connectivity index (χ1) is 14.0. The lowest BCUT2D eigenvalue weighted by molar-refractivity contribution is 0.0513. The number of carbonyl (C=O) groups is 2. The van der Waals surface area contributed by atoms with Gasteiger partial charge in [0.15, 0.2) is 17.3 Å². The number of carbonyl (C=O) groups excluding carboxylic acids is 2. The Balaban J connectivity index is 1.61. The van der Waals surface area contributed by atoms with Crippen molar-refractivity contribution in [1.29, 1.82) is 0 Å². The number of halogens is 1. The summed E-state index contributed by atoms with van der Waals surface area (Å²) < 4.78 is 26.0. The number of hydrogen-bond donors (Lipinski definition) is 0. The summed E-state index contributed by atoms with van der Waals surface area (Å²) in [6, 6.07) is 4.16. The van der Waals surface area contributed by atoms with Crippen LogP contribution in [-0.2, 0) is 24.2 Å². The van der Waals surface area contributed by atoms with Crippen molar-refractivity contribution < 1.29 is 23.5 Å². The molecular formula is C21H24FN3O4. The van der Waals surface area contributed by atoms with Crippen LogP contribution in [0.1, 0.15) is 51.9 Å². The number of fused-ring (bicyclic) bond motifs is 1. The van der Waals surface area contributed by atoms with Crippen molar-refractivity contribution in [3.8, 4) is 5.75 Å². The van der Waals surface area contributed by atoms with Gasteiger partial charge in [-0.25, -0.2) is 9.18 Å². The summed E-state index contributed by atoms with van der Waals surface area (Å²) in [7, 11) is 1.38. The lowest BCUT2D eigenvalue weighted by Crippen LogP contribution is -2.37. The quantitative estimate of drug-likeness (QED) is 0.696. The zero-order chi connectivity index (χ0) is 20.5. The predicted octanol–water partition coefficient (Wildman–Crippen LogP) is 2.82. The monoisotopic (exact) mass is 401 g/mol. The summed E-state index contributed by atoms with van der Waals surface area (Å²) in [6.07, 6.45) is 2.95. The van der Waals surface area contributed by atoms with Crippen molar-refractivity contribution in [3.05, 3.63) is 46.5 Å². The van der Waals surface area contributed by atoms with Crippen LogP contribution in [0.3, 0.4) is 0 Å². The molecule has 0 atom stereocenters. The maximum Gasteiger partial charge on any atom is 0.359 e. The van der Waals surface area contributed by atoms with Crippen molar-refractivity contribution in [1.82, 2.24) is 14.7 Å². The van der Waals surface area contributed by atoms with Gasteiger partial charge in [-0.2, -0.15) is 5.10 Å². The fourth-order valence-electron chi connectivity index (χ4n) is 3.71. The van der Waals surface area contributed by atoms with E-state index >= 15 is 0 Å². The summed E-state index contributed by atoms with van der Waals surface area (Å²) in [5.74, 6) is -0.644. The molecule has 1 aliphatic heterocycles. The maximum absolute atomic E-state index is 14.0. The van der Waals surface area contributed by atoms with E-state index in [0.717, 1.165) is 17.8 Å². The minimum absolute atomic E-state index is 0.0911. The predicted molar refractivity (Wildman–Crippen MR) is 102 cm³/mol. The number of ether oxygens (including phenoxy) is 2. The molecule has 154 valence electrons. The molecule has 2 heterocycles. The van der Waals surface area contributed by atoms with Gasteiger partial charge in [0, 0.05) is 36.3 Å². The lowest BCUT2D eigenvalue weighted by atomic mass is 10.0. The van der Waals surface area contributed by atoms with Gasteiger partial charge in [-0.3, -0.25) is 9.48 Å². The molecule has 0 unspecified atom stereocenters. The van der Waals surface area contributed by atoms with Gasteiger partial charge in [0.05, 0.1) is 20.3 Å². The number of hydrogen-bond acceptors (Lipinski definition) is 5. The van der Waals surface area contributed by atoms with Crippen LogP contribution in [0.4, 0.5) is 4.39 Å². The number of esters is 1. The molecule has 8 heteroatoms. The number of amides is 1. The zero-order valence-corrected chi connectivity index (χ0v) is 16.6. The third kappa shape index (κ3) is 3.83. The van der Waals surface area contributed by atoms with Crippen molar-refractivity contribution in [2.24, 2.45) is 5.92 Å². The SMILES string of the molecule is CCOC(=O)c1nn(CC2CC2)c2c1CN(C(=O)c1ccc(OC)c(F)c1)CC2. The number of methoxy groups -OCH3 is 1. The van der Waals surface area contributed by atoms with Gasteiger partial charge >= 0.3 is 5.97 Å². The van der Waals surface area contributed by atoms with Crippen molar-refractivity contribution >= 4 is 11.9 Å². The topological polar surface area (TPSA) is 73.7 Å². The highest BCUT2D eigenvalue weighted by atomic mass is 19.1. The Hall–Kier alpha value is -2.90. The minimum Gasteiger partial charge on any atom is -0.494 e. The van der Waals surface area contributed by atoms with Gasteiger partial charge in [0.1, 0.15) is 0 Å². The molecule has 1 fully saturated rings. The fourth-order valence-corrected chi connectivity index (χ4v) is 3.71. The van der Waals surface area contributed by atoms with Gasteiger partial charge in [0.25, 0.3) is 5.91 Å². The second-order valence-electron chi connectivity index (χ2n) is 7.45. The number of aromatic nitrogens is 2. The minimum atomic E-state index is -0.583. The Morgan fingerprint density at radius 3 is 2.76 bits per heavy atom. The standard InChI is InChI=1S/C21H24FN3O4/c1-3-29-21(27)19-15-12-24(9-8-17(15)25(23-19)11-13-4-5-13)20(26)14-6-7-18(28-2)16(22)10-14/h6-7,10,13H,3-5,8-9,11-12H2,1-2H3. The Morgan fingerprint density at radius 1 is 1.31 bits per heavy atom. The average Bonchev–Trinajstić information content (AvgIpc) is 3.47. The molecule has 2 aromatic rings. The summed E-state index contributed by atoms with van der Waals surface area (Å²) in [4.78, 5) is 27.0. The highest BCUT2D eigenvalue weighted by Gasteiger charge is 2.33. The van der Waals surface area contributed by atoms with E-state index in [1.54, 1.807) is 17.9 Å². The molecule has 1 saturated carbocycles. The first kappa shape index (κ1) is 19.4. The van der Waals surface area contributed by atoms with E-state index in [2.05, 4.69) is 5.10 Å². The van der Waals surface area contributed by atoms with Crippen molar-refractivity contribution in [2.75, 3.05) is 20.3 Å². The smallest absolute Gasteiger partial charge is 0.359 e. The second kappa shape index (κ2) is 7.85. The average molecular weight is 401 g/mol. The van der Waals surface area contributed by atoms with Crippen LogP contribution in [-0.4, -0.2) is 46.8 Å². The van der Waals surface area contributed by atoms with E-state index < -0.39 is 11.8 Å². The second-order valence-corrected chi connectivity index (χ2v) is 7.45. The molecule has 2 aliphatic rings. The van der Waals surface area contributed by atoms with E-state index in [4.69, 9.17) is 9.47 Å². The molecule has 1 aliphatic carbocycles. The van der Waals surface area contributed by atoms with Crippen LogP contribution in [0, 0.1) is 11.7 Å². The Morgan fingerprint density at radius 2 is 2.10 bits per heavy atom. The number of nitrogens with zero attached hydrogens (tertiary/aromatic N) is 3. The number of benzene rings is 1. The highest BCUT2D eigenvalue weighted by Crippen LogP contribution is 2.33. The van der Waals surface area contributed by atoms with Crippen LogP contribution in [0.2, 0.25) is 0 Å². The van der Waals surface area contributed by atoms with Crippen LogP contribution >= 0.6 is 0 Å². The molecule has 1 aromatic carbocycles. The molecule has 4 rings (SSSR count). The molecule has 29 heavy (non-hydrogen) atoms. The van der Waals surface area contributed by atoms with Crippen LogP contribution in [0.25, 0.3) is 0 Å². The molecule has 1 aromatic heterocycles. The molecule has 0 N–H and O–H groups in total. The third-order valence-corrected chi connectivity index (χ3v) is 5.42. The summed E-state index contributed by atoms with van der Waals surface area (Å²) in [5.41, 5.74) is 2.25. The largest absolute Gasteiger partial charge is 0.494 e. The summed E-state index contributed by atoms with van der Waals surface area (Å²) >= 11 is 0. The Bertz CT molecular complexity index is 952.